The van der Waals surface area contributed by atoms with Gasteiger partial charge in [0.05, 0.1) is 0 Å². The molecule has 0 radical (unpaired) electrons. The summed E-state index contributed by atoms with van der Waals surface area (Å²) in [6.45, 7) is 10.6. The van der Waals surface area contributed by atoms with Crippen LogP contribution in [0.2, 0.25) is 0 Å². The van der Waals surface area contributed by atoms with Gasteiger partial charge < -0.3 is 0 Å². The van der Waals surface area contributed by atoms with Crippen molar-refractivity contribution in [2.24, 2.45) is 0 Å². The third-order valence-electron chi connectivity index (χ3n) is 2.27. The summed E-state index contributed by atoms with van der Waals surface area (Å²) >= 11 is 3.64. The van der Waals surface area contributed by atoms with E-state index in [1.54, 1.807) is 11.8 Å². The summed E-state index contributed by atoms with van der Waals surface area (Å²) in [6.07, 6.45) is 12.9. The molecule has 0 N–H and O–H groups in total. The van der Waals surface area contributed by atoms with Crippen molar-refractivity contribution in [3.63, 3.8) is 0 Å². The van der Waals surface area contributed by atoms with Gasteiger partial charge in [-0.2, -0.15) is 0 Å². The second-order valence-electron chi connectivity index (χ2n) is 3.64. The van der Waals surface area contributed by atoms with E-state index < -0.39 is 0 Å². The lowest BCUT2D eigenvalue weighted by Crippen LogP contribution is -1.92. The van der Waals surface area contributed by atoms with Crippen LogP contribution < -0.4 is 0 Å². The quantitative estimate of drug-likeness (QED) is 0.608. The van der Waals surface area contributed by atoms with E-state index in [-0.39, 0.29) is 0 Å². The molecule has 92 valence electrons. The molecule has 2 heteroatoms. The molecule has 0 saturated carbocycles. The maximum atomic E-state index is 4.15. The van der Waals surface area contributed by atoms with E-state index in [1.165, 1.54) is 14.7 Å². The molecular formula is C15H20S2. The second kappa shape index (κ2) is 7.67. The van der Waals surface area contributed by atoms with Crippen LogP contribution in [-0.4, -0.2) is 0 Å². The Morgan fingerprint density at radius 3 is 2.59 bits per heavy atom. The highest BCUT2D eigenvalue weighted by molar-refractivity contribution is 8.15. The fourth-order valence-electron chi connectivity index (χ4n) is 1.42. The Hall–Kier alpha value is -0.600. The minimum Gasteiger partial charge on any atom is -0.0922 e. The Balaban J connectivity index is 2.93. The molecule has 0 saturated heterocycles. The van der Waals surface area contributed by atoms with E-state index >= 15 is 0 Å². The molecule has 0 aromatic heterocycles. The topological polar surface area (TPSA) is 0 Å². The number of thioether (sulfide) groups is 2. The van der Waals surface area contributed by atoms with Crippen molar-refractivity contribution in [1.29, 1.82) is 0 Å². The molecule has 0 spiro atoms. The average Bonchev–Trinajstić information content (AvgIpc) is 2.32. The minimum atomic E-state index is 1.08. The van der Waals surface area contributed by atoms with Crippen LogP contribution in [0.15, 0.2) is 56.6 Å². The molecular weight excluding hydrogens is 244 g/mol. The number of hydrogen-bond acceptors (Lipinski definition) is 2. The third-order valence-corrected chi connectivity index (χ3v) is 4.96. The fourth-order valence-corrected chi connectivity index (χ4v) is 3.66. The SMILES string of the molecule is C=C1SC(C=CC)=C(CC)SC1=CC=CCC. The molecule has 1 heterocycles. The van der Waals surface area contributed by atoms with Crippen molar-refractivity contribution in [3.05, 3.63) is 56.6 Å². The Labute approximate surface area is 114 Å². The molecule has 0 unspecified atom stereocenters. The molecule has 0 fully saturated rings. The lowest BCUT2D eigenvalue weighted by atomic mass is 10.3. The maximum Gasteiger partial charge on any atom is 0.0253 e. The molecule has 0 atom stereocenters. The fraction of sp³-hybridized carbons (Fsp3) is 0.333. The van der Waals surface area contributed by atoms with Gasteiger partial charge in [0.2, 0.25) is 0 Å². The van der Waals surface area contributed by atoms with Crippen LogP contribution in [0.3, 0.4) is 0 Å². The van der Waals surface area contributed by atoms with Crippen molar-refractivity contribution in [1.82, 2.24) is 0 Å². The van der Waals surface area contributed by atoms with Crippen LogP contribution in [0, 0.1) is 0 Å². The van der Waals surface area contributed by atoms with Crippen molar-refractivity contribution in [2.45, 2.75) is 33.6 Å². The first-order valence-corrected chi connectivity index (χ1v) is 7.63. The monoisotopic (exact) mass is 264 g/mol. The summed E-state index contributed by atoms with van der Waals surface area (Å²) in [4.78, 5) is 5.23. The van der Waals surface area contributed by atoms with Gasteiger partial charge in [0.25, 0.3) is 0 Å². The summed E-state index contributed by atoms with van der Waals surface area (Å²) in [5.41, 5.74) is 0. The summed E-state index contributed by atoms with van der Waals surface area (Å²) in [5.74, 6) is 0. The molecule has 1 aliphatic heterocycles. The zero-order valence-electron chi connectivity index (χ0n) is 10.8. The molecule has 0 amide bonds. The highest BCUT2D eigenvalue weighted by Crippen LogP contribution is 2.48. The van der Waals surface area contributed by atoms with E-state index in [0.29, 0.717) is 0 Å². The van der Waals surface area contributed by atoms with E-state index in [9.17, 15) is 0 Å². The van der Waals surface area contributed by atoms with E-state index in [2.05, 4.69) is 57.7 Å². The van der Waals surface area contributed by atoms with Gasteiger partial charge in [-0.25, -0.2) is 0 Å². The Kier molecular flexibility index (Phi) is 6.53. The first kappa shape index (κ1) is 14.5. The summed E-state index contributed by atoms with van der Waals surface area (Å²) in [5, 5.41) is 0. The van der Waals surface area contributed by atoms with Crippen molar-refractivity contribution in [2.75, 3.05) is 0 Å². The molecule has 1 rings (SSSR count). The molecule has 0 aromatic carbocycles. The van der Waals surface area contributed by atoms with Crippen LogP contribution in [-0.2, 0) is 0 Å². The number of rotatable bonds is 4. The van der Waals surface area contributed by atoms with Crippen molar-refractivity contribution < 1.29 is 0 Å². The highest BCUT2D eigenvalue weighted by atomic mass is 32.2. The molecule has 17 heavy (non-hydrogen) atoms. The van der Waals surface area contributed by atoms with E-state index in [1.807, 2.05) is 11.8 Å². The standard InChI is InChI=1S/C15H20S2/c1-5-8-9-11-14-12(4)16-15(10-6-2)13(7-3)17-14/h6,8-11H,4-5,7H2,1-3H3. The Morgan fingerprint density at radius 1 is 1.24 bits per heavy atom. The lowest BCUT2D eigenvalue weighted by molar-refractivity contribution is 1.19. The van der Waals surface area contributed by atoms with Gasteiger partial charge in [0, 0.05) is 19.6 Å². The number of allylic oxidation sites excluding steroid dienone is 6. The summed E-state index contributed by atoms with van der Waals surface area (Å²) < 4.78 is 0. The van der Waals surface area contributed by atoms with Crippen LogP contribution in [0.25, 0.3) is 0 Å². The highest BCUT2D eigenvalue weighted by Gasteiger charge is 2.17. The predicted octanol–water partition coefficient (Wildman–Crippen LogP) is 6.03. The smallest absolute Gasteiger partial charge is 0.0253 e. The Bertz CT molecular complexity index is 395. The third kappa shape index (κ3) is 4.29. The molecule has 0 aromatic rings. The van der Waals surface area contributed by atoms with E-state index in [0.717, 1.165) is 17.7 Å². The average molecular weight is 264 g/mol. The van der Waals surface area contributed by atoms with Gasteiger partial charge in [-0.15, -0.1) is 0 Å². The second-order valence-corrected chi connectivity index (χ2v) is 5.91. The molecule has 0 bridgehead atoms. The number of hydrogen-bond donors (Lipinski definition) is 0. The van der Waals surface area contributed by atoms with Gasteiger partial charge in [0.1, 0.15) is 0 Å². The van der Waals surface area contributed by atoms with Crippen LogP contribution in [0.4, 0.5) is 0 Å². The molecule has 0 nitrogen and oxygen atoms in total. The maximum absolute atomic E-state index is 4.15. The largest absolute Gasteiger partial charge is 0.0922 e. The van der Waals surface area contributed by atoms with Gasteiger partial charge in [-0.05, 0) is 25.8 Å². The summed E-state index contributed by atoms with van der Waals surface area (Å²) in [7, 11) is 0. The predicted molar refractivity (Wildman–Crippen MR) is 84.0 cm³/mol. The zero-order valence-corrected chi connectivity index (χ0v) is 12.5. The summed E-state index contributed by atoms with van der Waals surface area (Å²) in [6, 6.07) is 0. The van der Waals surface area contributed by atoms with Crippen molar-refractivity contribution in [3.8, 4) is 0 Å². The zero-order chi connectivity index (χ0) is 12.7. The van der Waals surface area contributed by atoms with E-state index in [4.69, 9.17) is 0 Å². The lowest BCUT2D eigenvalue weighted by Gasteiger charge is -2.20. The Morgan fingerprint density at radius 2 is 2.00 bits per heavy atom. The van der Waals surface area contributed by atoms with Crippen LogP contribution in [0.5, 0.6) is 0 Å². The van der Waals surface area contributed by atoms with Gasteiger partial charge in [-0.3, -0.25) is 0 Å². The van der Waals surface area contributed by atoms with Gasteiger partial charge in [0.15, 0.2) is 0 Å². The molecule has 0 aliphatic carbocycles. The first-order valence-electron chi connectivity index (χ1n) is 6.00. The normalized spacial score (nSPS) is 20.2. The van der Waals surface area contributed by atoms with Gasteiger partial charge >= 0.3 is 0 Å². The van der Waals surface area contributed by atoms with Crippen LogP contribution >= 0.6 is 23.5 Å². The van der Waals surface area contributed by atoms with Gasteiger partial charge in [-0.1, -0.05) is 68.3 Å². The first-order chi connectivity index (χ1) is 8.22. The minimum absolute atomic E-state index is 1.08. The molecule has 1 aliphatic rings. The van der Waals surface area contributed by atoms with Crippen molar-refractivity contribution >= 4 is 23.5 Å². The van der Waals surface area contributed by atoms with Crippen LogP contribution in [0.1, 0.15) is 33.6 Å².